The van der Waals surface area contributed by atoms with E-state index in [-0.39, 0.29) is 24.9 Å². The first-order chi connectivity index (χ1) is 9.36. The number of hydrogen-bond acceptors (Lipinski definition) is 4. The maximum atomic E-state index is 12.2. The monoisotopic (exact) mass is 288 g/mol. The molecule has 3 N–H and O–H groups in total. The van der Waals surface area contributed by atoms with Gasteiger partial charge in [-0.2, -0.15) is 0 Å². The molecule has 0 spiro atoms. The number of nitrogens with one attached hydrogen (secondary N) is 1. The van der Waals surface area contributed by atoms with Crippen LogP contribution in [0.25, 0.3) is 0 Å². The Balaban J connectivity index is 2.65. The second-order valence-electron chi connectivity index (χ2n) is 5.36. The van der Waals surface area contributed by atoms with Gasteiger partial charge in [0.25, 0.3) is 0 Å². The normalized spacial score (nSPS) is 23.9. The minimum atomic E-state index is -1.09. The van der Waals surface area contributed by atoms with Gasteiger partial charge >= 0.3 is 12.0 Å². The Morgan fingerprint density at radius 3 is 2.60 bits per heavy atom. The molecule has 0 aromatic carbocycles. The fourth-order valence-electron chi connectivity index (χ4n) is 2.16. The molecule has 7 heteroatoms. The summed E-state index contributed by atoms with van der Waals surface area (Å²) in [6.07, 6.45) is -0.716. The van der Waals surface area contributed by atoms with Gasteiger partial charge in [-0.3, -0.25) is 0 Å². The quantitative estimate of drug-likeness (QED) is 0.652. The summed E-state index contributed by atoms with van der Waals surface area (Å²) in [5.41, 5.74) is 0. The average Bonchev–Trinajstić information content (AvgIpc) is 2.76. The molecule has 0 saturated carbocycles. The van der Waals surface area contributed by atoms with Crippen molar-refractivity contribution in [3.63, 3.8) is 0 Å². The van der Waals surface area contributed by atoms with E-state index in [0.29, 0.717) is 13.2 Å². The van der Waals surface area contributed by atoms with Crippen molar-refractivity contribution in [1.29, 1.82) is 0 Å². The third-order valence-corrected chi connectivity index (χ3v) is 3.44. The average molecular weight is 288 g/mol. The Hall–Kier alpha value is -1.34. The molecule has 7 nitrogen and oxygen atoms in total. The molecule has 1 aliphatic heterocycles. The molecule has 1 saturated heterocycles. The predicted molar refractivity (Wildman–Crippen MR) is 72.4 cm³/mol. The molecule has 1 rings (SSSR count). The summed E-state index contributed by atoms with van der Waals surface area (Å²) in [5, 5.41) is 21.4. The number of likely N-dealkylation sites (tertiary alicyclic amines) is 1. The zero-order valence-electron chi connectivity index (χ0n) is 12.2. The number of carbonyl (C=O) groups is 2. The highest BCUT2D eigenvalue weighted by Gasteiger charge is 2.39. The minimum absolute atomic E-state index is 0.0439. The first-order valence-electron chi connectivity index (χ1n) is 6.92. The number of carboxylic acid groups (broad SMARTS) is 1. The molecule has 0 radical (unpaired) electrons. The van der Waals surface area contributed by atoms with Crippen LogP contribution in [0.3, 0.4) is 0 Å². The zero-order chi connectivity index (χ0) is 15.3. The fraction of sp³-hybridized carbons (Fsp3) is 0.846. The van der Waals surface area contributed by atoms with Gasteiger partial charge in [0.1, 0.15) is 6.04 Å². The summed E-state index contributed by atoms with van der Waals surface area (Å²) < 4.78 is 5.32. The van der Waals surface area contributed by atoms with Gasteiger partial charge in [0, 0.05) is 19.6 Å². The van der Waals surface area contributed by atoms with Crippen LogP contribution in [-0.2, 0) is 9.53 Å². The fourth-order valence-corrected chi connectivity index (χ4v) is 2.16. The number of rotatable bonds is 6. The van der Waals surface area contributed by atoms with Crippen molar-refractivity contribution < 1.29 is 24.5 Å². The number of carboxylic acids is 1. The summed E-state index contributed by atoms with van der Waals surface area (Å²) in [7, 11) is 0. The lowest BCUT2D eigenvalue weighted by Gasteiger charge is -2.27. The smallest absolute Gasteiger partial charge is 0.326 e. The molecular formula is C13H24N2O5. The summed E-state index contributed by atoms with van der Waals surface area (Å²) in [6.45, 7) is 6.76. The van der Waals surface area contributed by atoms with Gasteiger partial charge in [-0.25, -0.2) is 9.59 Å². The second-order valence-corrected chi connectivity index (χ2v) is 5.36. The van der Waals surface area contributed by atoms with Crippen molar-refractivity contribution in [1.82, 2.24) is 10.2 Å². The maximum Gasteiger partial charge on any atom is 0.326 e. The SMILES string of the molecule is CCOCC(NC(=O)N1CC(O)C[C@H]1C(=O)O)C(C)C. The number of aliphatic carboxylic acids is 1. The number of aliphatic hydroxyl groups excluding tert-OH is 1. The summed E-state index contributed by atoms with van der Waals surface area (Å²) in [4.78, 5) is 24.4. The van der Waals surface area contributed by atoms with E-state index >= 15 is 0 Å². The lowest BCUT2D eigenvalue weighted by atomic mass is 10.1. The molecule has 0 bridgehead atoms. The van der Waals surface area contributed by atoms with Crippen LogP contribution in [0.5, 0.6) is 0 Å². The van der Waals surface area contributed by atoms with Gasteiger partial charge in [0.15, 0.2) is 0 Å². The van der Waals surface area contributed by atoms with E-state index in [1.807, 2.05) is 20.8 Å². The molecule has 3 atom stereocenters. The Kier molecular flexibility index (Phi) is 6.22. The van der Waals surface area contributed by atoms with Crippen molar-refractivity contribution >= 4 is 12.0 Å². The van der Waals surface area contributed by atoms with Crippen LogP contribution in [0.4, 0.5) is 4.79 Å². The van der Waals surface area contributed by atoms with Crippen LogP contribution in [0, 0.1) is 5.92 Å². The van der Waals surface area contributed by atoms with Crippen molar-refractivity contribution in [2.24, 2.45) is 5.92 Å². The number of nitrogens with zero attached hydrogens (tertiary/aromatic N) is 1. The largest absolute Gasteiger partial charge is 0.480 e. The van der Waals surface area contributed by atoms with Crippen molar-refractivity contribution in [2.75, 3.05) is 19.8 Å². The van der Waals surface area contributed by atoms with Crippen molar-refractivity contribution in [3.8, 4) is 0 Å². The standard InChI is InChI=1S/C13H24N2O5/c1-4-20-7-10(8(2)3)14-13(19)15-6-9(16)5-11(15)12(17)18/h8-11,16H,4-7H2,1-3H3,(H,14,19)(H,17,18)/t9?,10?,11-/m0/s1. The number of hydrogen-bond donors (Lipinski definition) is 3. The van der Waals surface area contributed by atoms with Crippen molar-refractivity contribution in [2.45, 2.75) is 45.4 Å². The molecule has 0 aliphatic carbocycles. The summed E-state index contributed by atoms with van der Waals surface area (Å²) in [6, 6.07) is -1.62. The van der Waals surface area contributed by atoms with Crippen LogP contribution < -0.4 is 5.32 Å². The Morgan fingerprint density at radius 1 is 1.45 bits per heavy atom. The number of carbonyl (C=O) groups excluding carboxylic acids is 1. The van der Waals surface area contributed by atoms with E-state index in [1.165, 1.54) is 4.90 Å². The van der Waals surface area contributed by atoms with E-state index in [2.05, 4.69) is 5.32 Å². The van der Waals surface area contributed by atoms with Crippen molar-refractivity contribution in [3.05, 3.63) is 0 Å². The number of urea groups is 1. The molecule has 2 amide bonds. The van der Waals surface area contributed by atoms with Crippen LogP contribution >= 0.6 is 0 Å². The number of β-amino-alcohol motifs (C(OH)–C–C–N with tert-alkyl or cyclic N) is 1. The first-order valence-corrected chi connectivity index (χ1v) is 6.92. The highest BCUT2D eigenvalue weighted by molar-refractivity contribution is 5.83. The van der Waals surface area contributed by atoms with E-state index in [1.54, 1.807) is 0 Å². The Bertz CT molecular complexity index is 348. The molecule has 0 aromatic heterocycles. The van der Waals surface area contributed by atoms with E-state index in [4.69, 9.17) is 9.84 Å². The topological polar surface area (TPSA) is 99.1 Å². The zero-order valence-corrected chi connectivity index (χ0v) is 12.2. The molecule has 1 aliphatic rings. The third kappa shape index (κ3) is 4.35. The van der Waals surface area contributed by atoms with Gasteiger partial charge in [-0.1, -0.05) is 13.8 Å². The number of aliphatic hydroxyl groups is 1. The van der Waals surface area contributed by atoms with E-state index < -0.39 is 24.1 Å². The minimum Gasteiger partial charge on any atom is -0.480 e. The first kappa shape index (κ1) is 16.7. The number of amides is 2. The Morgan fingerprint density at radius 2 is 2.10 bits per heavy atom. The molecule has 2 unspecified atom stereocenters. The molecule has 116 valence electrons. The lowest BCUT2D eigenvalue weighted by molar-refractivity contribution is -0.141. The summed E-state index contributed by atoms with van der Waals surface area (Å²) >= 11 is 0. The lowest BCUT2D eigenvalue weighted by Crippen LogP contribution is -2.51. The Labute approximate surface area is 118 Å². The molecule has 0 aromatic rings. The van der Waals surface area contributed by atoms with Crippen LogP contribution in [0.2, 0.25) is 0 Å². The van der Waals surface area contributed by atoms with Gasteiger partial charge in [0.2, 0.25) is 0 Å². The molecule has 20 heavy (non-hydrogen) atoms. The number of ether oxygens (including phenoxy) is 1. The van der Waals surface area contributed by atoms with Gasteiger partial charge in [0.05, 0.1) is 18.8 Å². The highest BCUT2D eigenvalue weighted by atomic mass is 16.5. The highest BCUT2D eigenvalue weighted by Crippen LogP contribution is 2.18. The third-order valence-electron chi connectivity index (χ3n) is 3.44. The van der Waals surface area contributed by atoms with Gasteiger partial charge in [-0.15, -0.1) is 0 Å². The van der Waals surface area contributed by atoms with Gasteiger partial charge < -0.3 is 25.2 Å². The molecular weight excluding hydrogens is 264 g/mol. The van der Waals surface area contributed by atoms with Crippen LogP contribution in [0.15, 0.2) is 0 Å². The van der Waals surface area contributed by atoms with E-state index in [0.717, 1.165) is 0 Å². The second kappa shape index (κ2) is 7.44. The molecule has 1 fully saturated rings. The molecule has 1 heterocycles. The van der Waals surface area contributed by atoms with Gasteiger partial charge in [-0.05, 0) is 12.8 Å². The summed E-state index contributed by atoms with van der Waals surface area (Å²) in [5.74, 6) is -0.927. The maximum absolute atomic E-state index is 12.2. The van der Waals surface area contributed by atoms with Crippen LogP contribution in [0.1, 0.15) is 27.2 Å². The van der Waals surface area contributed by atoms with E-state index in [9.17, 15) is 14.7 Å². The predicted octanol–water partition coefficient (Wildman–Crippen LogP) is 0.277. The van der Waals surface area contributed by atoms with Crippen LogP contribution in [-0.4, -0.2) is 65.1 Å².